The lowest BCUT2D eigenvalue weighted by atomic mass is 9.62. The second-order valence-electron chi connectivity index (χ2n) is 10.5. The molecule has 1 heterocycles. The number of hydrogen-bond acceptors (Lipinski definition) is 4. The summed E-state index contributed by atoms with van der Waals surface area (Å²) in [5.74, 6) is 2.57. The number of carbonyl (C=O) groups excluding carboxylic acids is 1. The largest absolute Gasteiger partial charge is 0.496 e. The van der Waals surface area contributed by atoms with Gasteiger partial charge in [0, 0.05) is 29.5 Å². The highest BCUT2D eigenvalue weighted by atomic mass is 16.5. The van der Waals surface area contributed by atoms with Crippen LogP contribution in [0.1, 0.15) is 100.0 Å². The van der Waals surface area contributed by atoms with Crippen molar-refractivity contribution in [3.05, 3.63) is 58.0 Å². The molecule has 0 bridgehead atoms. The SMILES string of the molecule is CCOC(=O)/C=C/c1cc2c(o1)CCCC2c1cc2c(cc1OC)C(C)(C)CCC2(C)C. The van der Waals surface area contributed by atoms with Gasteiger partial charge in [-0.3, -0.25) is 0 Å². The van der Waals surface area contributed by atoms with Crippen molar-refractivity contribution in [1.82, 2.24) is 0 Å². The summed E-state index contributed by atoms with van der Waals surface area (Å²) in [6.07, 6.45) is 8.57. The zero-order valence-corrected chi connectivity index (χ0v) is 20.3. The van der Waals surface area contributed by atoms with E-state index in [0.29, 0.717) is 12.4 Å². The predicted octanol–water partition coefficient (Wildman–Crippen LogP) is 6.68. The minimum absolute atomic E-state index is 0.146. The lowest BCUT2D eigenvalue weighted by molar-refractivity contribution is -0.137. The first-order chi connectivity index (χ1) is 15.2. The summed E-state index contributed by atoms with van der Waals surface area (Å²) in [5, 5.41) is 0. The van der Waals surface area contributed by atoms with E-state index in [9.17, 15) is 4.79 Å². The number of ether oxygens (including phenoxy) is 2. The lowest BCUT2D eigenvalue weighted by Gasteiger charge is -2.42. The maximum absolute atomic E-state index is 11.7. The lowest BCUT2D eigenvalue weighted by Crippen LogP contribution is -2.34. The number of carbonyl (C=O) groups is 1. The average Bonchev–Trinajstić information content (AvgIpc) is 3.18. The van der Waals surface area contributed by atoms with E-state index in [1.54, 1.807) is 20.1 Å². The first-order valence-electron chi connectivity index (χ1n) is 11.9. The maximum atomic E-state index is 11.7. The second-order valence-corrected chi connectivity index (χ2v) is 10.5. The van der Waals surface area contributed by atoms with Gasteiger partial charge in [0.2, 0.25) is 0 Å². The quantitative estimate of drug-likeness (QED) is 0.387. The molecule has 4 nitrogen and oxygen atoms in total. The molecule has 0 radical (unpaired) electrons. The molecule has 2 aromatic rings. The van der Waals surface area contributed by atoms with Gasteiger partial charge in [-0.25, -0.2) is 4.79 Å². The van der Waals surface area contributed by atoms with Gasteiger partial charge in [0.1, 0.15) is 17.3 Å². The third kappa shape index (κ3) is 4.12. The molecule has 0 aliphatic heterocycles. The van der Waals surface area contributed by atoms with E-state index in [1.165, 1.54) is 41.2 Å². The maximum Gasteiger partial charge on any atom is 0.330 e. The van der Waals surface area contributed by atoms with Gasteiger partial charge in [-0.15, -0.1) is 0 Å². The van der Waals surface area contributed by atoms with Gasteiger partial charge in [-0.1, -0.05) is 33.8 Å². The highest BCUT2D eigenvalue weighted by Crippen LogP contribution is 2.50. The number of rotatable bonds is 5. The predicted molar refractivity (Wildman–Crippen MR) is 127 cm³/mol. The third-order valence-corrected chi connectivity index (χ3v) is 7.38. The molecule has 0 N–H and O–H groups in total. The molecule has 0 saturated carbocycles. The number of esters is 1. The van der Waals surface area contributed by atoms with Crippen LogP contribution in [0.2, 0.25) is 0 Å². The van der Waals surface area contributed by atoms with Crippen molar-refractivity contribution >= 4 is 12.0 Å². The highest BCUT2D eigenvalue weighted by Gasteiger charge is 2.39. The van der Waals surface area contributed by atoms with E-state index in [2.05, 4.69) is 45.9 Å². The molecule has 0 fully saturated rings. The molecule has 1 aromatic heterocycles. The van der Waals surface area contributed by atoms with Crippen molar-refractivity contribution in [2.75, 3.05) is 13.7 Å². The molecule has 2 aliphatic rings. The summed E-state index contributed by atoms with van der Waals surface area (Å²) in [5.41, 5.74) is 5.62. The minimum Gasteiger partial charge on any atom is -0.496 e. The monoisotopic (exact) mass is 436 g/mol. The number of fused-ring (bicyclic) bond motifs is 2. The first-order valence-corrected chi connectivity index (χ1v) is 11.9. The molecule has 0 spiro atoms. The zero-order valence-electron chi connectivity index (χ0n) is 20.3. The zero-order chi connectivity index (χ0) is 23.1. The molecule has 32 heavy (non-hydrogen) atoms. The Labute approximate surface area is 192 Å². The Morgan fingerprint density at radius 2 is 1.78 bits per heavy atom. The summed E-state index contributed by atoms with van der Waals surface area (Å²) in [4.78, 5) is 11.7. The van der Waals surface area contributed by atoms with E-state index in [-0.39, 0.29) is 22.7 Å². The Morgan fingerprint density at radius 3 is 2.44 bits per heavy atom. The van der Waals surface area contributed by atoms with E-state index in [4.69, 9.17) is 13.9 Å². The fourth-order valence-corrected chi connectivity index (χ4v) is 5.38. The number of furan rings is 1. The Kier molecular flexibility index (Phi) is 6.00. The van der Waals surface area contributed by atoms with Gasteiger partial charge >= 0.3 is 5.97 Å². The van der Waals surface area contributed by atoms with Crippen LogP contribution in [-0.4, -0.2) is 19.7 Å². The van der Waals surface area contributed by atoms with Crippen molar-refractivity contribution in [2.45, 2.75) is 83.5 Å². The van der Waals surface area contributed by atoms with Gasteiger partial charge in [-0.2, -0.15) is 0 Å². The van der Waals surface area contributed by atoms with Crippen molar-refractivity contribution in [1.29, 1.82) is 0 Å². The number of aryl methyl sites for hydroxylation is 1. The molecule has 1 aromatic carbocycles. The fraction of sp³-hybridized carbons (Fsp3) is 0.536. The van der Waals surface area contributed by atoms with Crippen LogP contribution >= 0.6 is 0 Å². The average molecular weight is 437 g/mol. The molecule has 1 unspecified atom stereocenters. The number of benzene rings is 1. The first kappa shape index (κ1) is 22.7. The van der Waals surface area contributed by atoms with Crippen molar-refractivity contribution in [3.63, 3.8) is 0 Å². The summed E-state index contributed by atoms with van der Waals surface area (Å²) >= 11 is 0. The normalized spacial score (nSPS) is 21.1. The second kappa shape index (κ2) is 8.46. The van der Waals surface area contributed by atoms with Crippen LogP contribution in [0.3, 0.4) is 0 Å². The van der Waals surface area contributed by atoms with Crippen molar-refractivity contribution in [2.24, 2.45) is 0 Å². The van der Waals surface area contributed by atoms with Gasteiger partial charge in [-0.05, 0) is 72.8 Å². The smallest absolute Gasteiger partial charge is 0.330 e. The van der Waals surface area contributed by atoms with Gasteiger partial charge in [0.05, 0.1) is 13.7 Å². The van der Waals surface area contributed by atoms with E-state index in [1.807, 2.05) is 0 Å². The molecule has 4 heteroatoms. The summed E-state index contributed by atoms with van der Waals surface area (Å²) in [6.45, 7) is 11.6. The fourth-order valence-electron chi connectivity index (χ4n) is 5.38. The summed E-state index contributed by atoms with van der Waals surface area (Å²) < 4.78 is 17.1. The number of hydrogen-bond donors (Lipinski definition) is 0. The molecule has 4 rings (SSSR count). The van der Waals surface area contributed by atoms with E-state index < -0.39 is 0 Å². The molecule has 0 amide bonds. The Hall–Kier alpha value is -2.49. The van der Waals surface area contributed by atoms with Crippen LogP contribution in [0.5, 0.6) is 5.75 Å². The van der Waals surface area contributed by atoms with Gasteiger partial charge in [0.25, 0.3) is 0 Å². The minimum atomic E-state index is -0.348. The summed E-state index contributed by atoms with van der Waals surface area (Å²) in [7, 11) is 1.78. The van der Waals surface area contributed by atoms with E-state index >= 15 is 0 Å². The molecule has 172 valence electrons. The number of methoxy groups -OCH3 is 1. The Bertz CT molecular complexity index is 1040. The van der Waals surface area contributed by atoms with Crippen molar-refractivity contribution < 1.29 is 18.7 Å². The van der Waals surface area contributed by atoms with Crippen LogP contribution in [0.4, 0.5) is 0 Å². The van der Waals surface area contributed by atoms with Crippen LogP contribution in [0.25, 0.3) is 6.08 Å². The molecule has 0 saturated heterocycles. The van der Waals surface area contributed by atoms with Crippen LogP contribution in [0.15, 0.2) is 28.7 Å². The highest BCUT2D eigenvalue weighted by molar-refractivity contribution is 5.86. The topological polar surface area (TPSA) is 48.7 Å². The third-order valence-electron chi connectivity index (χ3n) is 7.38. The molecule has 1 atom stereocenters. The van der Waals surface area contributed by atoms with Crippen LogP contribution in [0, 0.1) is 0 Å². The molecule has 2 aliphatic carbocycles. The van der Waals surface area contributed by atoms with Crippen LogP contribution < -0.4 is 4.74 Å². The summed E-state index contributed by atoms with van der Waals surface area (Å²) in [6, 6.07) is 6.79. The molecular formula is C28H36O4. The Morgan fingerprint density at radius 1 is 1.09 bits per heavy atom. The van der Waals surface area contributed by atoms with Gasteiger partial charge in [0.15, 0.2) is 0 Å². The van der Waals surface area contributed by atoms with E-state index in [0.717, 1.165) is 30.8 Å². The Balaban J connectivity index is 1.76. The van der Waals surface area contributed by atoms with Gasteiger partial charge < -0.3 is 13.9 Å². The standard InChI is InChI=1S/C28H36O4/c1-7-31-26(29)12-11-18-15-20-19(9-8-10-24(20)32-18)21-16-22-23(17-25(21)30-6)28(4,5)14-13-27(22,2)3/h11-12,15-17,19H,7-10,13-14H2,1-6H3/b12-11+. The molecular weight excluding hydrogens is 400 g/mol. The van der Waals surface area contributed by atoms with Crippen molar-refractivity contribution in [3.8, 4) is 5.75 Å². The van der Waals surface area contributed by atoms with Crippen LogP contribution in [-0.2, 0) is 26.8 Å².